The number of terminal acetylenes is 1. The second kappa shape index (κ2) is 11.5. The van der Waals surface area contributed by atoms with E-state index in [1.807, 2.05) is 11.8 Å². The van der Waals surface area contributed by atoms with E-state index in [4.69, 9.17) is 16.1 Å². The van der Waals surface area contributed by atoms with Crippen LogP contribution >= 0.6 is 11.8 Å². The zero-order chi connectivity index (χ0) is 31.6. The lowest BCUT2D eigenvalue weighted by Gasteiger charge is -2.36. The first-order chi connectivity index (χ1) is 22.3. The van der Waals surface area contributed by atoms with Gasteiger partial charge < -0.3 is 20.1 Å². The Balaban J connectivity index is 1.23. The van der Waals surface area contributed by atoms with Gasteiger partial charge in [-0.05, 0) is 62.3 Å². The zero-order valence-corrected chi connectivity index (χ0v) is 26.7. The number of fused-ring (bicyclic) bond motifs is 4. The SMILES string of the molecule is C#Cc1cccc2cc(O)cc(-c3c(F)cc4c(N5CC6CCC(C5)N6)nc(OCC5(CN6CCSC[C@@H]6C)CC5)nc4c3F)c12. The van der Waals surface area contributed by atoms with E-state index < -0.39 is 11.6 Å². The highest BCUT2D eigenvalue weighted by Crippen LogP contribution is 2.47. The van der Waals surface area contributed by atoms with Crippen LogP contribution in [0.3, 0.4) is 0 Å². The van der Waals surface area contributed by atoms with Gasteiger partial charge in [0.05, 0.1) is 12.2 Å². The molecular weight excluding hydrogens is 604 g/mol. The number of halogens is 2. The Kier molecular flexibility index (Phi) is 7.46. The normalized spacial score (nSPS) is 24.0. The number of anilines is 1. The van der Waals surface area contributed by atoms with Crippen LogP contribution < -0.4 is 15.0 Å². The van der Waals surface area contributed by atoms with Gasteiger partial charge in [-0.2, -0.15) is 21.7 Å². The maximum Gasteiger partial charge on any atom is 0.319 e. The van der Waals surface area contributed by atoms with Crippen molar-refractivity contribution >= 4 is 39.3 Å². The van der Waals surface area contributed by atoms with Crippen LogP contribution in [0.25, 0.3) is 32.8 Å². The first-order valence-corrected chi connectivity index (χ1v) is 17.3. The Hall–Kier alpha value is -3.65. The second-order valence-corrected chi connectivity index (χ2v) is 14.7. The van der Waals surface area contributed by atoms with Gasteiger partial charge in [-0.1, -0.05) is 18.1 Å². The maximum absolute atomic E-state index is 16.9. The average Bonchev–Trinajstić information content (AvgIpc) is 3.74. The monoisotopic (exact) mass is 641 g/mol. The van der Waals surface area contributed by atoms with Crippen molar-refractivity contribution < 1.29 is 18.6 Å². The molecule has 0 radical (unpaired) electrons. The Morgan fingerprint density at radius 2 is 1.96 bits per heavy atom. The summed E-state index contributed by atoms with van der Waals surface area (Å²) in [4.78, 5) is 14.1. The van der Waals surface area contributed by atoms with E-state index >= 15 is 8.78 Å². The molecule has 4 aliphatic rings. The number of aromatic nitrogens is 2. The van der Waals surface area contributed by atoms with Crippen LogP contribution in [0.15, 0.2) is 36.4 Å². The van der Waals surface area contributed by atoms with Gasteiger partial charge in [-0.15, -0.1) is 6.42 Å². The summed E-state index contributed by atoms with van der Waals surface area (Å²) in [6, 6.07) is 10.7. The maximum atomic E-state index is 16.9. The third-order valence-electron chi connectivity index (χ3n) is 10.3. The summed E-state index contributed by atoms with van der Waals surface area (Å²) in [5.41, 5.74) is 0.383. The summed E-state index contributed by atoms with van der Waals surface area (Å²) in [6.07, 6.45) is 10.0. The third kappa shape index (κ3) is 5.32. The number of hydrogen-bond acceptors (Lipinski definition) is 8. The number of nitrogens with one attached hydrogen (secondary N) is 1. The van der Waals surface area contributed by atoms with Gasteiger partial charge >= 0.3 is 6.01 Å². The summed E-state index contributed by atoms with van der Waals surface area (Å²) in [5.74, 6) is 3.67. The van der Waals surface area contributed by atoms with E-state index in [9.17, 15) is 5.11 Å². The van der Waals surface area contributed by atoms with Crippen molar-refractivity contribution in [1.82, 2.24) is 20.2 Å². The lowest BCUT2D eigenvalue weighted by Crippen LogP contribution is -2.51. The van der Waals surface area contributed by atoms with Gasteiger partial charge in [0, 0.05) is 83.1 Å². The average molecular weight is 642 g/mol. The number of thioether (sulfide) groups is 1. The van der Waals surface area contributed by atoms with Gasteiger partial charge in [-0.3, -0.25) is 4.90 Å². The van der Waals surface area contributed by atoms with E-state index in [1.165, 1.54) is 12.1 Å². The number of benzene rings is 3. The molecule has 1 saturated carbocycles. The van der Waals surface area contributed by atoms with E-state index in [1.54, 1.807) is 24.3 Å². The molecule has 4 heterocycles. The minimum absolute atomic E-state index is 0.0107. The molecule has 0 amide bonds. The number of hydrogen-bond donors (Lipinski definition) is 2. The van der Waals surface area contributed by atoms with Crippen LogP contribution in [0.5, 0.6) is 11.8 Å². The minimum atomic E-state index is -0.832. The van der Waals surface area contributed by atoms with Crippen LogP contribution in [0.1, 0.15) is 38.2 Å². The number of ether oxygens (including phenoxy) is 1. The molecule has 3 saturated heterocycles. The molecule has 8 rings (SSSR count). The summed E-state index contributed by atoms with van der Waals surface area (Å²) in [6.45, 7) is 6.13. The molecule has 1 aromatic heterocycles. The van der Waals surface area contributed by atoms with E-state index in [0.29, 0.717) is 65.4 Å². The van der Waals surface area contributed by atoms with Gasteiger partial charge in [0.25, 0.3) is 0 Å². The summed E-state index contributed by atoms with van der Waals surface area (Å²) >= 11 is 2.00. The van der Waals surface area contributed by atoms with Crippen molar-refractivity contribution in [3.05, 3.63) is 53.6 Å². The van der Waals surface area contributed by atoms with Gasteiger partial charge in [0.1, 0.15) is 22.9 Å². The van der Waals surface area contributed by atoms with Crippen LogP contribution in [0.2, 0.25) is 0 Å². The molecule has 0 spiro atoms. The molecule has 10 heteroatoms. The lowest BCUT2D eigenvalue weighted by atomic mass is 9.93. The van der Waals surface area contributed by atoms with Crippen LogP contribution in [0, 0.1) is 29.4 Å². The highest BCUT2D eigenvalue weighted by molar-refractivity contribution is 7.99. The molecule has 2 unspecified atom stereocenters. The topological polar surface area (TPSA) is 73.8 Å². The Morgan fingerprint density at radius 1 is 1.15 bits per heavy atom. The Bertz CT molecular complexity index is 1880. The van der Waals surface area contributed by atoms with Crippen molar-refractivity contribution in [2.75, 3.05) is 49.2 Å². The van der Waals surface area contributed by atoms with Crippen molar-refractivity contribution in [2.24, 2.45) is 5.41 Å². The number of rotatable bonds is 7. The predicted molar refractivity (Wildman–Crippen MR) is 180 cm³/mol. The number of aromatic hydroxyl groups is 1. The molecule has 46 heavy (non-hydrogen) atoms. The van der Waals surface area contributed by atoms with Crippen LogP contribution in [-0.4, -0.2) is 82.4 Å². The van der Waals surface area contributed by atoms with Crippen molar-refractivity contribution in [1.29, 1.82) is 0 Å². The number of piperazine rings is 1. The third-order valence-corrected chi connectivity index (χ3v) is 11.4. The quantitative estimate of drug-likeness (QED) is 0.240. The molecule has 7 nitrogen and oxygen atoms in total. The molecule has 238 valence electrons. The Labute approximate surface area is 271 Å². The molecule has 4 aromatic rings. The zero-order valence-electron chi connectivity index (χ0n) is 25.9. The fourth-order valence-electron chi connectivity index (χ4n) is 7.58. The van der Waals surface area contributed by atoms with Crippen LogP contribution in [0.4, 0.5) is 14.6 Å². The summed E-state index contributed by atoms with van der Waals surface area (Å²) in [7, 11) is 0. The first kappa shape index (κ1) is 29.7. The van der Waals surface area contributed by atoms with E-state index in [0.717, 1.165) is 50.3 Å². The summed E-state index contributed by atoms with van der Waals surface area (Å²) in [5, 5.41) is 15.6. The molecule has 3 atom stereocenters. The summed E-state index contributed by atoms with van der Waals surface area (Å²) < 4.78 is 39.5. The molecule has 3 aromatic carbocycles. The van der Waals surface area contributed by atoms with E-state index in [2.05, 4.69) is 32.9 Å². The van der Waals surface area contributed by atoms with Crippen LogP contribution in [-0.2, 0) is 0 Å². The highest BCUT2D eigenvalue weighted by Gasteiger charge is 2.46. The van der Waals surface area contributed by atoms with E-state index in [-0.39, 0.29) is 33.8 Å². The van der Waals surface area contributed by atoms with Crippen molar-refractivity contribution in [2.45, 2.75) is 50.7 Å². The number of nitrogens with zero attached hydrogens (tertiary/aromatic N) is 4. The smallest absolute Gasteiger partial charge is 0.319 e. The molecule has 2 bridgehead atoms. The standard InChI is InChI=1S/C36H37F2N5O2S/c1-3-22-5-4-6-23-13-26(44)14-27(30(22)23)31-29(37)15-28-33(32(31)38)40-35(41-34(28)43-16-24-7-8-25(17-43)39-24)45-20-36(9-10-36)19-42-11-12-46-18-21(42)2/h1,4-6,13-15,21,24-25,39,44H,7-12,16-20H2,2H3/t21-,24?,25?/m0/s1. The number of phenols is 1. The Morgan fingerprint density at radius 3 is 2.70 bits per heavy atom. The first-order valence-electron chi connectivity index (χ1n) is 16.2. The molecule has 4 fully saturated rings. The van der Waals surface area contributed by atoms with Gasteiger partial charge in [0.2, 0.25) is 0 Å². The largest absolute Gasteiger partial charge is 0.508 e. The molecular formula is C36H37F2N5O2S. The van der Waals surface area contributed by atoms with Crippen molar-refractivity contribution in [3.8, 4) is 35.2 Å². The fraction of sp³-hybridized carbons (Fsp3) is 0.444. The van der Waals surface area contributed by atoms with Gasteiger partial charge in [-0.25, -0.2) is 8.78 Å². The number of phenolic OH excluding ortho intramolecular Hbond substituents is 1. The fourth-order valence-corrected chi connectivity index (χ4v) is 8.66. The second-order valence-electron chi connectivity index (χ2n) is 13.5. The highest BCUT2D eigenvalue weighted by atomic mass is 32.2. The molecule has 3 aliphatic heterocycles. The van der Waals surface area contributed by atoms with Crippen molar-refractivity contribution in [3.63, 3.8) is 0 Å². The molecule has 1 aliphatic carbocycles. The predicted octanol–water partition coefficient (Wildman–Crippen LogP) is 5.95. The molecule has 2 N–H and O–H groups in total. The lowest BCUT2D eigenvalue weighted by molar-refractivity contribution is 0.137. The minimum Gasteiger partial charge on any atom is -0.508 e. The van der Waals surface area contributed by atoms with Gasteiger partial charge in [0.15, 0.2) is 5.82 Å².